The highest BCUT2D eigenvalue weighted by Gasteiger charge is 2.19. The zero-order chi connectivity index (χ0) is 23.4. The van der Waals surface area contributed by atoms with Gasteiger partial charge in [-0.2, -0.15) is 5.26 Å². The Labute approximate surface area is 208 Å². The Balaban J connectivity index is 0.00000324. The third-order valence-corrected chi connectivity index (χ3v) is 5.84. The number of aromatic nitrogens is 2. The van der Waals surface area contributed by atoms with Crippen molar-refractivity contribution in [1.82, 2.24) is 10.2 Å². The fourth-order valence-electron chi connectivity index (χ4n) is 3.84. The van der Waals surface area contributed by atoms with Gasteiger partial charge >= 0.3 is 5.97 Å². The summed E-state index contributed by atoms with van der Waals surface area (Å²) in [5.41, 5.74) is 2.39. The third-order valence-electron chi connectivity index (χ3n) is 5.55. The maximum Gasteiger partial charge on any atom is 0.307 e. The highest BCUT2D eigenvalue weighted by Crippen LogP contribution is 2.32. The zero-order valence-corrected chi connectivity index (χ0v) is 20.0. The molecule has 0 aliphatic carbocycles. The first kappa shape index (κ1) is 25.1. The number of hydrogen-bond acceptors (Lipinski definition) is 7. The van der Waals surface area contributed by atoms with Gasteiger partial charge in [0.1, 0.15) is 5.75 Å². The minimum Gasteiger partial charge on any atom is -0.495 e. The Morgan fingerprint density at radius 1 is 1.26 bits per heavy atom. The van der Waals surface area contributed by atoms with Gasteiger partial charge in [0.2, 0.25) is 0 Å². The van der Waals surface area contributed by atoms with E-state index >= 15 is 0 Å². The second-order valence-corrected chi connectivity index (χ2v) is 8.10. The smallest absolute Gasteiger partial charge is 0.307 e. The second kappa shape index (κ2) is 11.1. The topological polar surface area (TPSA) is 111 Å². The Bertz CT molecular complexity index is 1290. The largest absolute Gasteiger partial charge is 0.495 e. The van der Waals surface area contributed by atoms with E-state index in [1.54, 1.807) is 19.2 Å². The fourth-order valence-corrected chi connectivity index (χ4v) is 4.12. The molecule has 0 atom stereocenters. The van der Waals surface area contributed by atoms with Gasteiger partial charge in [0.15, 0.2) is 11.6 Å². The normalized spacial score (nSPS) is 13.0. The first-order valence-electron chi connectivity index (χ1n) is 10.4. The highest BCUT2D eigenvalue weighted by atomic mass is 35.5. The van der Waals surface area contributed by atoms with Crippen LogP contribution in [0.1, 0.15) is 24.0 Å². The molecule has 0 saturated heterocycles. The summed E-state index contributed by atoms with van der Waals surface area (Å²) in [5.74, 6) is 1.06. The van der Waals surface area contributed by atoms with Crippen LogP contribution < -0.4 is 15.0 Å². The summed E-state index contributed by atoms with van der Waals surface area (Å²) >= 11 is 6.23. The molecule has 1 aliphatic rings. The molecule has 2 N–H and O–H groups in total. The van der Waals surface area contributed by atoms with E-state index < -0.39 is 5.97 Å². The zero-order valence-electron chi connectivity index (χ0n) is 18.4. The fraction of sp³-hybridized carbons (Fsp3) is 0.250. The number of halogens is 2. The molecule has 4 rings (SSSR count). The molecule has 1 aliphatic heterocycles. The Kier molecular flexibility index (Phi) is 8.16. The molecular formula is C24H23Cl2N5O3. The van der Waals surface area contributed by atoms with Crippen molar-refractivity contribution in [2.24, 2.45) is 0 Å². The van der Waals surface area contributed by atoms with Crippen molar-refractivity contribution in [2.75, 3.05) is 30.4 Å². The molecule has 0 radical (unpaired) electrons. The number of hydrogen-bond donors (Lipinski definition) is 2. The first-order chi connectivity index (χ1) is 16.0. The monoisotopic (exact) mass is 499 g/mol. The van der Waals surface area contributed by atoms with Gasteiger partial charge in [-0.25, -0.2) is 0 Å². The van der Waals surface area contributed by atoms with Gasteiger partial charge in [0, 0.05) is 30.4 Å². The van der Waals surface area contributed by atoms with E-state index in [9.17, 15) is 10.1 Å². The van der Waals surface area contributed by atoms with Crippen LogP contribution in [0.4, 0.5) is 11.6 Å². The second-order valence-electron chi connectivity index (χ2n) is 7.70. The molecule has 2 aromatic carbocycles. The minimum absolute atomic E-state index is 0. The number of benzene rings is 2. The lowest BCUT2D eigenvalue weighted by atomic mass is 10.0. The van der Waals surface area contributed by atoms with E-state index in [1.165, 1.54) is 0 Å². The average Bonchev–Trinajstić information content (AvgIpc) is 2.82. The third kappa shape index (κ3) is 5.50. The van der Waals surface area contributed by atoms with Gasteiger partial charge in [0.25, 0.3) is 0 Å². The van der Waals surface area contributed by atoms with Crippen LogP contribution in [-0.2, 0) is 11.3 Å². The van der Waals surface area contributed by atoms with Crippen molar-refractivity contribution in [3.8, 4) is 11.8 Å². The van der Waals surface area contributed by atoms with Gasteiger partial charge < -0.3 is 20.1 Å². The molecule has 1 aromatic heterocycles. The van der Waals surface area contributed by atoms with Crippen molar-refractivity contribution in [3.05, 3.63) is 64.2 Å². The summed E-state index contributed by atoms with van der Waals surface area (Å²) in [4.78, 5) is 13.1. The lowest BCUT2D eigenvalue weighted by molar-refractivity contribution is -0.136. The van der Waals surface area contributed by atoms with Gasteiger partial charge in [-0.1, -0.05) is 29.3 Å². The summed E-state index contributed by atoms with van der Waals surface area (Å²) in [7, 11) is 1.57. The van der Waals surface area contributed by atoms with Gasteiger partial charge in [-0.15, -0.1) is 22.6 Å². The van der Waals surface area contributed by atoms with E-state index in [0.717, 1.165) is 21.9 Å². The van der Waals surface area contributed by atoms with Crippen LogP contribution in [0.2, 0.25) is 5.02 Å². The number of ether oxygens (including phenoxy) is 1. The quantitative estimate of drug-likeness (QED) is 0.445. The van der Waals surface area contributed by atoms with Crippen LogP contribution in [0.25, 0.3) is 10.8 Å². The average molecular weight is 500 g/mol. The van der Waals surface area contributed by atoms with Crippen molar-refractivity contribution in [1.29, 1.82) is 5.26 Å². The molecule has 10 heteroatoms. The number of anilines is 2. The molecule has 3 aromatic rings. The molecule has 0 amide bonds. The summed E-state index contributed by atoms with van der Waals surface area (Å²) < 4.78 is 5.20. The number of methoxy groups -OCH3 is 1. The number of aliphatic carboxylic acids is 1. The van der Waals surface area contributed by atoms with Crippen LogP contribution in [0.3, 0.4) is 0 Å². The van der Waals surface area contributed by atoms with Crippen molar-refractivity contribution in [3.63, 3.8) is 0 Å². The Morgan fingerprint density at radius 3 is 2.74 bits per heavy atom. The lowest BCUT2D eigenvalue weighted by Gasteiger charge is -2.28. The summed E-state index contributed by atoms with van der Waals surface area (Å²) in [5, 5.41) is 32.8. The van der Waals surface area contributed by atoms with E-state index in [1.807, 2.05) is 30.3 Å². The molecule has 0 saturated carbocycles. The van der Waals surface area contributed by atoms with Crippen LogP contribution in [-0.4, -0.2) is 41.5 Å². The number of carbonyl (C=O) groups is 1. The van der Waals surface area contributed by atoms with Gasteiger partial charge in [-0.3, -0.25) is 4.79 Å². The van der Waals surface area contributed by atoms with Crippen LogP contribution in [0.15, 0.2) is 48.0 Å². The van der Waals surface area contributed by atoms with Gasteiger partial charge in [-0.05, 0) is 42.3 Å². The molecule has 176 valence electrons. The maximum absolute atomic E-state index is 11.0. The van der Waals surface area contributed by atoms with E-state index in [0.29, 0.717) is 54.0 Å². The van der Waals surface area contributed by atoms with Crippen molar-refractivity contribution in [2.45, 2.75) is 19.4 Å². The molecule has 0 unspecified atom stereocenters. The van der Waals surface area contributed by atoms with Crippen LogP contribution >= 0.6 is 24.0 Å². The number of carboxylic acids is 1. The number of nitrogens with one attached hydrogen (secondary N) is 1. The summed E-state index contributed by atoms with van der Waals surface area (Å²) in [6, 6.07) is 13.2. The standard InChI is InChI=1S/C24H22ClN5O3.ClH/c1-33-21-5-3-17(11-20(21)25)14-27-23-19-10-16(13-26)2-4-18(19)24(29-28-23)30-8-6-15(7-9-30)12-22(31)32;/h2-6,10-11H,7-9,12,14H2,1H3,(H,27,28)(H,31,32);1H. The van der Waals surface area contributed by atoms with Crippen molar-refractivity contribution >= 4 is 52.4 Å². The van der Waals surface area contributed by atoms with E-state index in [2.05, 4.69) is 26.5 Å². The number of rotatable bonds is 7. The Morgan fingerprint density at radius 2 is 2.09 bits per heavy atom. The maximum atomic E-state index is 11.0. The SMILES string of the molecule is COc1ccc(CNc2nnc(N3CC=C(CC(=O)O)CC3)c3ccc(C#N)cc23)cc1Cl.Cl. The molecule has 2 heterocycles. The summed E-state index contributed by atoms with van der Waals surface area (Å²) in [6.45, 7) is 1.68. The lowest BCUT2D eigenvalue weighted by Crippen LogP contribution is -2.30. The molecular weight excluding hydrogens is 477 g/mol. The van der Waals surface area contributed by atoms with Gasteiger partial charge in [0.05, 0.1) is 30.2 Å². The Hall–Kier alpha value is -3.54. The van der Waals surface area contributed by atoms with Crippen molar-refractivity contribution < 1.29 is 14.6 Å². The predicted molar refractivity (Wildman–Crippen MR) is 134 cm³/mol. The van der Waals surface area contributed by atoms with E-state index in [-0.39, 0.29) is 18.8 Å². The number of carboxylic acid groups (broad SMARTS) is 1. The highest BCUT2D eigenvalue weighted by molar-refractivity contribution is 6.32. The number of fused-ring (bicyclic) bond motifs is 1. The predicted octanol–water partition coefficient (Wildman–Crippen LogP) is 4.81. The number of nitrogens with zero attached hydrogens (tertiary/aromatic N) is 4. The molecule has 34 heavy (non-hydrogen) atoms. The number of nitriles is 1. The molecule has 8 nitrogen and oxygen atoms in total. The minimum atomic E-state index is -0.822. The molecule has 0 bridgehead atoms. The molecule has 0 fully saturated rings. The van der Waals surface area contributed by atoms with Crippen LogP contribution in [0.5, 0.6) is 5.75 Å². The van der Waals surface area contributed by atoms with Crippen LogP contribution in [0, 0.1) is 11.3 Å². The van der Waals surface area contributed by atoms with E-state index in [4.69, 9.17) is 21.4 Å². The molecule has 0 spiro atoms. The first-order valence-corrected chi connectivity index (χ1v) is 10.8. The summed E-state index contributed by atoms with van der Waals surface area (Å²) in [6.07, 6.45) is 2.66.